The second-order valence-corrected chi connectivity index (χ2v) is 2.91. The van der Waals surface area contributed by atoms with E-state index in [1.54, 1.807) is 0 Å². The maximum absolute atomic E-state index is 13.1. The van der Waals surface area contributed by atoms with Crippen molar-refractivity contribution in [2.75, 3.05) is 0 Å². The number of carboxylic acid groups (broad SMARTS) is 1. The van der Waals surface area contributed by atoms with Crippen molar-refractivity contribution in [1.29, 1.82) is 0 Å². The Morgan fingerprint density at radius 1 is 1.06 bits per heavy atom. The highest BCUT2D eigenvalue weighted by Gasteiger charge is 2.25. The van der Waals surface area contributed by atoms with Crippen molar-refractivity contribution in [3.63, 3.8) is 0 Å². The molecule has 0 saturated heterocycles. The first-order valence-electron chi connectivity index (χ1n) is 3.92. The van der Waals surface area contributed by atoms with Gasteiger partial charge in [0.2, 0.25) is 17.4 Å². The quantitative estimate of drug-likeness (QED) is 0.468. The highest BCUT2D eigenvalue weighted by atomic mass is 19.2. The highest BCUT2D eigenvalue weighted by molar-refractivity contribution is 5.91. The van der Waals surface area contributed by atoms with Gasteiger partial charge in [-0.3, -0.25) is 0 Å². The Hall–Kier alpha value is -2.05. The van der Waals surface area contributed by atoms with Gasteiger partial charge in [-0.1, -0.05) is 0 Å². The van der Waals surface area contributed by atoms with Gasteiger partial charge >= 0.3 is 5.97 Å². The summed E-state index contributed by atoms with van der Waals surface area (Å²) in [5, 5.41) is 7.72. The van der Waals surface area contributed by atoms with Crippen molar-refractivity contribution >= 4 is 16.9 Å². The summed E-state index contributed by atoms with van der Waals surface area (Å²) < 4.78 is 56.0. The van der Waals surface area contributed by atoms with Crippen LogP contribution < -0.4 is 0 Å². The number of carbonyl (C=O) groups is 1. The smallest absolute Gasteiger partial charge is 0.371 e. The van der Waals surface area contributed by atoms with Crippen molar-refractivity contribution in [2.24, 2.45) is 0 Å². The molecule has 2 rings (SSSR count). The van der Waals surface area contributed by atoms with E-state index in [1.807, 2.05) is 0 Å². The van der Waals surface area contributed by atoms with Gasteiger partial charge in [-0.25, -0.2) is 18.0 Å². The van der Waals surface area contributed by atoms with Crippen LogP contribution in [0.15, 0.2) is 10.5 Å². The predicted molar refractivity (Wildman–Crippen MR) is 43.0 cm³/mol. The normalized spacial score (nSPS) is 11.0. The first-order chi connectivity index (χ1) is 7.43. The van der Waals surface area contributed by atoms with Crippen LogP contribution in [0.4, 0.5) is 17.6 Å². The Morgan fingerprint density at radius 3 is 2.19 bits per heavy atom. The van der Waals surface area contributed by atoms with E-state index in [0.717, 1.165) is 0 Å². The van der Waals surface area contributed by atoms with Gasteiger partial charge in [0.05, 0.1) is 5.39 Å². The molecule has 3 nitrogen and oxygen atoms in total. The molecule has 0 aliphatic rings. The molecule has 0 fully saturated rings. The third-order valence-electron chi connectivity index (χ3n) is 1.96. The maximum atomic E-state index is 13.1. The van der Waals surface area contributed by atoms with Crippen molar-refractivity contribution in [3.05, 3.63) is 35.1 Å². The standard InChI is InChI=1S/C9H2F4O3/c10-4-2-1-3(9(14)15)16-8(2)7(13)6(12)5(4)11/h1H,(H,14,15). The summed E-state index contributed by atoms with van der Waals surface area (Å²) in [4.78, 5) is 10.4. The molecule has 0 aliphatic heterocycles. The average Bonchev–Trinajstić information content (AvgIpc) is 2.68. The summed E-state index contributed by atoms with van der Waals surface area (Å²) in [7, 11) is 0. The van der Waals surface area contributed by atoms with Crippen molar-refractivity contribution < 1.29 is 31.9 Å². The maximum Gasteiger partial charge on any atom is 0.371 e. The average molecular weight is 234 g/mol. The number of hydrogen-bond donors (Lipinski definition) is 1. The van der Waals surface area contributed by atoms with Crippen LogP contribution >= 0.6 is 0 Å². The van der Waals surface area contributed by atoms with Crippen LogP contribution in [0.3, 0.4) is 0 Å². The Kier molecular flexibility index (Phi) is 2.11. The molecule has 0 unspecified atom stereocenters. The molecule has 1 N–H and O–H groups in total. The SMILES string of the molecule is O=C(O)c1cc2c(F)c(F)c(F)c(F)c2o1. The van der Waals surface area contributed by atoms with Crippen LogP contribution in [0.25, 0.3) is 11.0 Å². The molecule has 0 aliphatic carbocycles. The second-order valence-electron chi connectivity index (χ2n) is 2.91. The summed E-state index contributed by atoms with van der Waals surface area (Å²) in [5.41, 5.74) is -0.964. The van der Waals surface area contributed by atoms with Gasteiger partial charge in [-0.2, -0.15) is 4.39 Å². The van der Waals surface area contributed by atoms with Gasteiger partial charge in [0.25, 0.3) is 0 Å². The van der Waals surface area contributed by atoms with E-state index in [9.17, 15) is 22.4 Å². The van der Waals surface area contributed by atoms with Crippen molar-refractivity contribution in [1.82, 2.24) is 0 Å². The minimum Gasteiger partial charge on any atom is -0.475 e. The van der Waals surface area contributed by atoms with E-state index in [1.165, 1.54) is 0 Å². The lowest BCUT2D eigenvalue weighted by Gasteiger charge is -1.97. The third kappa shape index (κ3) is 1.24. The number of aromatic carboxylic acids is 1. The second kappa shape index (κ2) is 3.22. The molecular weight excluding hydrogens is 232 g/mol. The first-order valence-corrected chi connectivity index (χ1v) is 3.92. The Balaban J connectivity index is 2.92. The Labute approximate surface area is 84.9 Å². The van der Waals surface area contributed by atoms with Gasteiger partial charge in [-0.15, -0.1) is 0 Å². The van der Waals surface area contributed by atoms with Crippen LogP contribution in [0.5, 0.6) is 0 Å². The van der Waals surface area contributed by atoms with Crippen LogP contribution in [0, 0.1) is 23.3 Å². The summed E-state index contributed by atoms with van der Waals surface area (Å²) >= 11 is 0. The molecule has 0 spiro atoms. The largest absolute Gasteiger partial charge is 0.475 e. The van der Waals surface area contributed by atoms with Crippen molar-refractivity contribution in [2.45, 2.75) is 0 Å². The highest BCUT2D eigenvalue weighted by Crippen LogP contribution is 2.29. The first kappa shape index (κ1) is 10.5. The zero-order valence-corrected chi connectivity index (χ0v) is 7.35. The fourth-order valence-corrected chi connectivity index (χ4v) is 1.23. The number of carboxylic acids is 1. The lowest BCUT2D eigenvalue weighted by Crippen LogP contribution is -1.95. The molecule has 0 bridgehead atoms. The van der Waals surface area contributed by atoms with E-state index in [-0.39, 0.29) is 0 Å². The number of benzene rings is 1. The monoisotopic (exact) mass is 234 g/mol. The summed E-state index contributed by atoms with van der Waals surface area (Å²) in [6.45, 7) is 0. The molecule has 16 heavy (non-hydrogen) atoms. The van der Waals surface area contributed by atoms with E-state index in [0.29, 0.717) is 6.07 Å². The summed E-state index contributed by atoms with van der Waals surface area (Å²) in [5.74, 6) is -9.92. The molecule has 1 aromatic heterocycles. The van der Waals surface area contributed by atoms with Crippen LogP contribution in [-0.2, 0) is 0 Å². The molecule has 7 heteroatoms. The lowest BCUT2D eigenvalue weighted by molar-refractivity contribution is 0.0664. The van der Waals surface area contributed by atoms with Crippen LogP contribution in [0.2, 0.25) is 0 Å². The van der Waals surface area contributed by atoms with E-state index in [2.05, 4.69) is 4.42 Å². The van der Waals surface area contributed by atoms with Crippen LogP contribution in [0.1, 0.15) is 10.6 Å². The topological polar surface area (TPSA) is 50.4 Å². The van der Waals surface area contributed by atoms with E-state index in [4.69, 9.17) is 5.11 Å². The number of rotatable bonds is 1. The molecule has 2 aromatic rings. The zero-order chi connectivity index (χ0) is 12.0. The molecule has 0 atom stereocenters. The number of fused-ring (bicyclic) bond motifs is 1. The Morgan fingerprint density at radius 2 is 1.62 bits per heavy atom. The lowest BCUT2D eigenvalue weighted by atomic mass is 10.2. The number of hydrogen-bond acceptors (Lipinski definition) is 2. The van der Waals surface area contributed by atoms with Crippen LogP contribution in [-0.4, -0.2) is 11.1 Å². The minimum absolute atomic E-state index is 0.582. The molecule has 1 aromatic carbocycles. The van der Waals surface area contributed by atoms with Gasteiger partial charge in [-0.05, 0) is 0 Å². The zero-order valence-electron chi connectivity index (χ0n) is 7.35. The molecule has 0 radical (unpaired) electrons. The predicted octanol–water partition coefficient (Wildman–Crippen LogP) is 2.69. The van der Waals surface area contributed by atoms with Crippen molar-refractivity contribution in [3.8, 4) is 0 Å². The van der Waals surface area contributed by atoms with E-state index >= 15 is 0 Å². The molecular formula is C9H2F4O3. The molecule has 0 saturated carbocycles. The number of furan rings is 1. The third-order valence-corrected chi connectivity index (χ3v) is 1.96. The summed E-state index contributed by atoms with van der Waals surface area (Å²) in [6, 6.07) is 0.582. The molecule has 84 valence electrons. The Bertz CT molecular complexity index is 558. The van der Waals surface area contributed by atoms with Gasteiger partial charge in [0.1, 0.15) is 0 Å². The summed E-state index contributed by atoms with van der Waals surface area (Å²) in [6.07, 6.45) is 0. The van der Waals surface area contributed by atoms with Gasteiger partial charge in [0, 0.05) is 6.07 Å². The van der Waals surface area contributed by atoms with Gasteiger partial charge < -0.3 is 9.52 Å². The molecule has 1 heterocycles. The number of halogens is 4. The fourth-order valence-electron chi connectivity index (χ4n) is 1.23. The molecule has 0 amide bonds. The fraction of sp³-hybridized carbons (Fsp3) is 0. The van der Waals surface area contributed by atoms with E-state index < -0.39 is 46.0 Å². The van der Waals surface area contributed by atoms with Gasteiger partial charge in [0.15, 0.2) is 17.2 Å². The minimum atomic E-state index is -2.05.